The van der Waals surface area contributed by atoms with E-state index in [1.165, 1.54) is 0 Å². The van der Waals surface area contributed by atoms with Crippen LogP contribution >= 0.6 is 0 Å². The molecule has 0 saturated heterocycles. The molecule has 0 bridgehead atoms. The highest BCUT2D eigenvalue weighted by atomic mass is 35.5. The average Bonchev–Trinajstić information content (AvgIpc) is 2.67. The molecule has 0 heterocycles. The van der Waals surface area contributed by atoms with Gasteiger partial charge in [0.25, 0.3) is 5.91 Å². The molecule has 0 aliphatic heterocycles. The number of carbonyl (C=O) groups is 3. The maximum absolute atomic E-state index is 12.6. The smallest absolute Gasteiger partial charge is 0.333 e. The Morgan fingerprint density at radius 2 is 1.79 bits per heavy atom. The summed E-state index contributed by atoms with van der Waals surface area (Å²) in [5, 5.41) is 15.0. The second-order valence-electron chi connectivity index (χ2n) is 7.62. The van der Waals surface area contributed by atoms with E-state index in [2.05, 4.69) is 15.5 Å². The Bertz CT molecular complexity index is 678. The number of amides is 2. The van der Waals surface area contributed by atoms with Gasteiger partial charge in [-0.25, -0.2) is 4.79 Å². The van der Waals surface area contributed by atoms with Gasteiger partial charge in [-0.05, 0) is 32.8 Å². The Morgan fingerprint density at radius 3 is 2.31 bits per heavy atom. The van der Waals surface area contributed by atoms with E-state index in [9.17, 15) is 19.5 Å². The fourth-order valence-electron chi connectivity index (χ4n) is 2.54. The van der Waals surface area contributed by atoms with Crippen molar-refractivity contribution in [3.63, 3.8) is 0 Å². The third-order valence-electron chi connectivity index (χ3n) is 3.90. The lowest BCUT2D eigenvalue weighted by molar-refractivity contribution is -0.455. The first-order chi connectivity index (χ1) is 13.6. The van der Waals surface area contributed by atoms with E-state index in [1.54, 1.807) is 51.1 Å². The third kappa shape index (κ3) is 8.81. The van der Waals surface area contributed by atoms with Gasteiger partial charge in [0.1, 0.15) is 5.60 Å². The molecule has 8 nitrogen and oxygen atoms in total. The normalized spacial score (nSPS) is 14.4. The number of hydrogen-bond acceptors (Lipinski definition) is 6. The van der Waals surface area contributed by atoms with Crippen LogP contribution in [0.3, 0.4) is 0 Å². The molecule has 162 valence electrons. The minimum absolute atomic E-state index is 0.404. The number of esters is 1. The number of ether oxygens (including phenoxy) is 1. The van der Waals surface area contributed by atoms with E-state index in [4.69, 9.17) is 16.5 Å². The lowest BCUT2D eigenvalue weighted by Gasteiger charge is -2.25. The Kier molecular flexibility index (Phi) is 10.1. The quantitative estimate of drug-likeness (QED) is 0.320. The van der Waals surface area contributed by atoms with E-state index in [-0.39, 0.29) is 0 Å². The maximum atomic E-state index is 12.6. The minimum atomic E-state index is -1.38. The van der Waals surface area contributed by atoms with Crippen LogP contribution in [0.15, 0.2) is 30.3 Å². The zero-order valence-electron chi connectivity index (χ0n) is 17.2. The minimum Gasteiger partial charge on any atom is -0.458 e. The molecule has 4 N–H and O–H groups in total. The summed E-state index contributed by atoms with van der Waals surface area (Å²) in [6.45, 7) is 6.69. The van der Waals surface area contributed by atoms with Gasteiger partial charge in [0.15, 0.2) is 12.1 Å². The van der Waals surface area contributed by atoms with Crippen LogP contribution < -0.4 is 15.5 Å². The van der Waals surface area contributed by atoms with E-state index >= 15 is 0 Å². The highest BCUT2D eigenvalue weighted by Crippen LogP contribution is 2.18. The number of aliphatic hydroxyl groups excluding tert-OH is 1. The topological polar surface area (TPSA) is 117 Å². The lowest BCUT2D eigenvalue weighted by Crippen LogP contribution is -2.50. The molecule has 0 aromatic heterocycles. The molecule has 3 atom stereocenters. The van der Waals surface area contributed by atoms with Crippen LogP contribution in [0.5, 0.6) is 0 Å². The molecule has 0 aliphatic rings. The van der Waals surface area contributed by atoms with Crippen molar-refractivity contribution < 1.29 is 36.0 Å². The van der Waals surface area contributed by atoms with Crippen molar-refractivity contribution in [2.24, 2.45) is 0 Å². The molecular formula is C20H31ClN3O5+. The van der Waals surface area contributed by atoms with Crippen LogP contribution in [0.25, 0.3) is 0 Å². The van der Waals surface area contributed by atoms with Gasteiger partial charge in [-0.1, -0.05) is 48.5 Å². The van der Waals surface area contributed by atoms with Crippen molar-refractivity contribution in [1.82, 2.24) is 15.5 Å². The summed E-state index contributed by atoms with van der Waals surface area (Å²) in [4.78, 5) is 39.4. The van der Waals surface area contributed by atoms with Crippen molar-refractivity contribution in [3.05, 3.63) is 35.9 Å². The number of nitrogens with one attached hydrogen (secondary N) is 3. The van der Waals surface area contributed by atoms with Crippen LogP contribution in [0.2, 0.25) is 0 Å². The van der Waals surface area contributed by atoms with Gasteiger partial charge in [-0.2, -0.15) is 0 Å². The van der Waals surface area contributed by atoms with E-state index in [0.29, 0.717) is 12.0 Å². The summed E-state index contributed by atoms with van der Waals surface area (Å²) in [7, 11) is 0. The summed E-state index contributed by atoms with van der Waals surface area (Å²) >= 11 is 4.73. The van der Waals surface area contributed by atoms with Crippen molar-refractivity contribution in [2.75, 3.05) is 6.54 Å². The number of carbonyl (C=O) groups excluding carboxylic acids is 3. The monoisotopic (exact) mass is 428 g/mol. The van der Waals surface area contributed by atoms with Crippen molar-refractivity contribution >= 4 is 17.8 Å². The predicted molar refractivity (Wildman–Crippen MR) is 105 cm³/mol. The third-order valence-corrected chi connectivity index (χ3v) is 4.21. The summed E-state index contributed by atoms with van der Waals surface area (Å²) < 4.78 is 5.39. The molecule has 1 aromatic rings. The second-order valence-corrected chi connectivity index (χ2v) is 7.86. The van der Waals surface area contributed by atoms with Gasteiger partial charge in [-0.3, -0.25) is 9.59 Å². The summed E-state index contributed by atoms with van der Waals surface area (Å²) in [6.07, 6.45) is -0.136. The van der Waals surface area contributed by atoms with Gasteiger partial charge < -0.3 is 20.5 Å². The van der Waals surface area contributed by atoms with Gasteiger partial charge in [-0.15, -0.1) is 0 Å². The molecule has 1 aromatic carbocycles. The standard InChI is InChI=1S/C20H30ClN3O5/c1-5-9-14(24-21)17(26)18(27)22-12-15(25)23-16(13-10-7-6-8-11-13)19(28)29-20(2,3)4/h6-8,10-11,14,16-17,21,24,26H,5,9,12H2,1-4H3,(H-,22,23,25,27)/p+1/t14?,16-,17?/m0/s1. The molecule has 2 unspecified atom stereocenters. The number of benzene rings is 1. The zero-order valence-corrected chi connectivity index (χ0v) is 18.0. The highest BCUT2D eigenvalue weighted by Gasteiger charge is 2.30. The Balaban J connectivity index is 2.75. The van der Waals surface area contributed by atoms with Gasteiger partial charge >= 0.3 is 5.97 Å². The van der Waals surface area contributed by atoms with Crippen LogP contribution in [-0.2, 0) is 19.1 Å². The Morgan fingerprint density at radius 1 is 1.17 bits per heavy atom. The molecule has 29 heavy (non-hydrogen) atoms. The van der Waals surface area contributed by atoms with Gasteiger partial charge in [0.05, 0.1) is 12.6 Å². The van der Waals surface area contributed by atoms with Crippen LogP contribution in [-0.4, -0.2) is 47.2 Å². The largest absolute Gasteiger partial charge is 0.458 e. The number of hydrogen-bond donors (Lipinski definition) is 4. The van der Waals surface area contributed by atoms with Crippen LogP contribution in [0.1, 0.15) is 52.1 Å². The zero-order chi connectivity index (χ0) is 22.0. The second kappa shape index (κ2) is 11.7. The predicted octanol–water partition coefficient (Wildman–Crippen LogP) is 0.618. The molecule has 0 fully saturated rings. The van der Waals surface area contributed by atoms with Gasteiger partial charge in [0.2, 0.25) is 17.7 Å². The molecule has 0 spiro atoms. The number of rotatable bonds is 10. The summed E-state index contributed by atoms with van der Waals surface area (Å²) in [5.74, 6) is -1.92. The van der Waals surface area contributed by atoms with Crippen molar-refractivity contribution in [1.29, 1.82) is 0 Å². The summed E-state index contributed by atoms with van der Waals surface area (Å²) in [5.41, 5.74) is -0.168. The maximum Gasteiger partial charge on any atom is 0.333 e. The first kappa shape index (κ1) is 24.9. The number of aliphatic hydroxyl groups is 1. The molecular weight excluding hydrogens is 398 g/mol. The molecule has 2 amide bonds. The molecule has 0 saturated carbocycles. The lowest BCUT2D eigenvalue weighted by atomic mass is 10.1. The Hall–Kier alpha value is -2.16. The van der Waals surface area contributed by atoms with Crippen molar-refractivity contribution in [2.45, 2.75) is 64.3 Å². The van der Waals surface area contributed by atoms with Gasteiger partial charge in [0, 0.05) is 0 Å². The summed E-state index contributed by atoms with van der Waals surface area (Å²) in [6, 6.07) is 7.06. The van der Waals surface area contributed by atoms with Crippen molar-refractivity contribution in [3.8, 4) is 0 Å². The first-order valence-corrected chi connectivity index (χ1v) is 9.90. The van der Waals surface area contributed by atoms with E-state index in [0.717, 1.165) is 6.42 Å². The first-order valence-electron chi connectivity index (χ1n) is 9.49. The molecule has 0 radical (unpaired) electrons. The molecule has 1 rings (SSSR count). The van der Waals surface area contributed by atoms with E-state index in [1.807, 2.05) is 6.92 Å². The van der Waals surface area contributed by atoms with Crippen LogP contribution in [0.4, 0.5) is 0 Å². The molecule has 9 heteroatoms. The SMILES string of the molecule is CCCC(N[ClH+])C(O)C(=O)NCC(=O)N[C@H](C(=O)OC(C)(C)C)c1ccccc1. The molecule has 0 aliphatic carbocycles. The Labute approximate surface area is 176 Å². The highest BCUT2D eigenvalue weighted by molar-refractivity contribution is 5.90. The fourth-order valence-corrected chi connectivity index (χ4v) is 2.79. The average molecular weight is 429 g/mol. The van der Waals surface area contributed by atoms with E-state index < -0.39 is 48.1 Å². The van der Waals surface area contributed by atoms with Crippen LogP contribution in [0, 0.1) is 11.8 Å². The number of halogens is 1. The fraction of sp³-hybridized carbons (Fsp3) is 0.550.